The number of aryl methyl sites for hydroxylation is 1. The molecule has 0 amide bonds. The lowest BCUT2D eigenvalue weighted by Crippen LogP contribution is -2.89. The first-order valence-electron chi connectivity index (χ1n) is 38.1. The van der Waals surface area contributed by atoms with E-state index in [0.717, 1.165) is 52.5 Å². The number of ether oxygens (including phenoxy) is 8. The molecule has 8 atom stereocenters. The monoisotopic (exact) mass is 2350 g/mol. The van der Waals surface area contributed by atoms with Crippen LogP contribution in [0.5, 0.6) is 46.0 Å². The van der Waals surface area contributed by atoms with Gasteiger partial charge in [0, 0.05) is 0 Å². The minimum Gasteiger partial charge on any atom is -0.496 e. The van der Waals surface area contributed by atoms with Gasteiger partial charge in [0.2, 0.25) is 10.8 Å². The average Bonchev–Trinajstić information content (AvgIpc) is 0.606. The first kappa shape index (κ1) is 121. The van der Waals surface area contributed by atoms with E-state index < -0.39 is 286 Å². The molecule has 0 aromatic heterocycles. The van der Waals surface area contributed by atoms with E-state index in [1.165, 1.54) is 12.1 Å². The standard InChI is InChI=1S/C38H24F18O13S3.C21H14F12O8S2.C18H14F6O8S2/c1-16-12-19(6-10-21(16)62-3)29(37(51,52)53,38(54,55)56)20-7-11-23(26(15-20)71-69-67-58)64-35(49)32(44,45)33(46,47)36(35,50)65-24-9-5-18(14-27(24)72(59,60)61)17-4-8-22(25(13-17)70-68-66-57)63-34(48)28(2,39)30(40,41)31(34,42)43;1-15(22)17(23,24)18(25,26)19(15,27)39-11-5-3-9(7-13(11)42-41-40-34)16(20(28,29)30,21(31,32)33)10-4-6-12(38-2)14(8-10)43(35,36)37;1-15(19)16(20,21)17(22,23)18(15,24)30-11-5-3-9(7-13(11)33-32-31-25)10-4-6-12(29-2)14(8-10)34(26,27)28/h4-15,57-58H,1-3H3,(H,59,60,61);3-8,34H,1-2H3,(H,35,36,37);3-8,25H,1-2H3,(H,26,27,28). The molecule has 0 saturated heterocycles. The first-order chi connectivity index (χ1) is 67.6. The number of methoxy groups -OCH3 is 3. The molecule has 4 aliphatic rings. The Morgan fingerprint density at radius 2 is 0.456 bits per heavy atom. The fraction of sp³-hybridized carbons (Fsp3) is 0.377. The van der Waals surface area contributed by atoms with Gasteiger partial charge in [0.25, 0.3) is 47.4 Å². The van der Waals surface area contributed by atoms with Gasteiger partial charge in [-0.1, -0.05) is 74.8 Å². The van der Waals surface area contributed by atoms with E-state index in [4.69, 9.17) is 30.5 Å². The van der Waals surface area contributed by atoms with Crippen LogP contribution in [0.15, 0.2) is 180 Å². The van der Waals surface area contributed by atoms with Crippen LogP contribution in [-0.4, -0.2) is 200 Å². The summed E-state index contributed by atoms with van der Waals surface area (Å²) in [7, 11) is -13.4. The molecule has 72 heteroatoms. The molecule has 8 unspecified atom stereocenters. The SMILES string of the molecule is COc1ccc(-c2ccc(OC3(F)C(C)(F)C(F)(F)C3(F)F)c(SOOO)c2)cc1S(=O)(=O)O.COc1ccc(C(c2ccc(OC3(F)C(C)(F)C(F)(F)C3(F)F)c(SOOO)c2)(C(F)(F)F)C(F)(F)F)cc1S(=O)(=O)O.COc1ccc(C(c2ccc(OC3(F)C(F)(F)C(F)(F)C3(F)Oc3ccc(-c4ccc(OC5(F)C(C)(F)C(F)(F)C5(F)F)c(SOOO)c4)cc3S(=O)(=O)O)c(SOOO)c2)(C(F)(F)F)C(F)(F)F)cc1C. The lowest BCUT2D eigenvalue weighted by Gasteiger charge is -2.55. The van der Waals surface area contributed by atoms with Crippen molar-refractivity contribution in [3.8, 4) is 68.2 Å². The highest BCUT2D eigenvalue weighted by molar-refractivity contribution is 7.95. The summed E-state index contributed by atoms with van der Waals surface area (Å²) in [6.07, 6.45) is -25.7. The summed E-state index contributed by atoms with van der Waals surface area (Å²) in [6.45, 7) is 0.293. The highest BCUT2D eigenvalue weighted by Gasteiger charge is 3.05. The maximum absolute atomic E-state index is 16.6. The molecule has 0 aliphatic heterocycles. The fourth-order valence-corrected chi connectivity index (χ4v) is 18.8. The highest BCUT2D eigenvalue weighted by Crippen LogP contribution is 2.74. The Kier molecular flexibility index (Phi) is 32.3. The zero-order valence-electron chi connectivity index (χ0n) is 72.4. The van der Waals surface area contributed by atoms with E-state index in [9.17, 15) is 166 Å². The second kappa shape index (κ2) is 39.7. The second-order valence-electron chi connectivity index (χ2n) is 31.1. The Morgan fingerprint density at radius 3 is 0.711 bits per heavy atom. The van der Waals surface area contributed by atoms with Gasteiger partial charge >= 0.3 is 101 Å². The molecule has 149 heavy (non-hydrogen) atoms. The van der Waals surface area contributed by atoms with Gasteiger partial charge in [-0.05, 0) is 169 Å². The van der Waals surface area contributed by atoms with E-state index in [1.807, 2.05) is 0 Å². The molecular weight excluding hydrogens is 2300 g/mol. The summed E-state index contributed by atoms with van der Waals surface area (Å²) in [6, 6.07) is 8.87. The fourth-order valence-electron chi connectivity index (χ4n) is 14.9. The predicted molar refractivity (Wildman–Crippen MR) is 422 cm³/mol. The van der Waals surface area contributed by atoms with Gasteiger partial charge in [-0.15, -0.1) is 17.3 Å². The molecule has 12 rings (SSSR count). The molecule has 4 aliphatic carbocycles. The third kappa shape index (κ3) is 18.6. The van der Waals surface area contributed by atoms with Crippen LogP contribution >= 0.6 is 48.2 Å². The van der Waals surface area contributed by atoms with Crippen LogP contribution in [-0.2, 0) is 78.7 Å². The molecule has 29 nitrogen and oxygen atoms in total. The van der Waals surface area contributed by atoms with Crippen LogP contribution in [0.25, 0.3) is 22.3 Å². The van der Waals surface area contributed by atoms with Crippen molar-refractivity contribution in [1.82, 2.24) is 0 Å². The second-order valence-corrected chi connectivity index (χ2v) is 38.3. The van der Waals surface area contributed by atoms with E-state index >= 15 is 30.7 Å². The molecule has 8 aromatic rings. The third-order valence-electron chi connectivity index (χ3n) is 22.8. The zero-order chi connectivity index (χ0) is 113. The van der Waals surface area contributed by atoms with Crippen molar-refractivity contribution in [1.29, 1.82) is 0 Å². The van der Waals surface area contributed by atoms with Gasteiger partial charge in [0.1, 0.15) is 60.7 Å². The summed E-state index contributed by atoms with van der Waals surface area (Å²) < 4.78 is 677. The quantitative estimate of drug-likeness (QED) is 0.00647. The maximum atomic E-state index is 16.6. The van der Waals surface area contributed by atoms with Crippen molar-refractivity contribution >= 4 is 78.5 Å². The number of hydrogen-bond acceptors (Lipinski definition) is 30. The van der Waals surface area contributed by atoms with Crippen molar-refractivity contribution in [3.05, 3.63) is 173 Å². The van der Waals surface area contributed by atoms with Crippen molar-refractivity contribution < 1.29 is 293 Å². The highest BCUT2D eigenvalue weighted by atomic mass is 32.2. The van der Waals surface area contributed by atoms with Crippen molar-refractivity contribution in [2.45, 2.75) is 191 Å². The van der Waals surface area contributed by atoms with Crippen LogP contribution in [0, 0.1) is 6.92 Å². The third-order valence-corrected chi connectivity index (χ3v) is 28.0. The smallest absolute Gasteiger partial charge is 0.411 e. The van der Waals surface area contributed by atoms with Gasteiger partial charge in [0.05, 0.1) is 89.1 Å². The lowest BCUT2D eigenvalue weighted by molar-refractivity contribution is -0.527. The summed E-state index contributed by atoms with van der Waals surface area (Å²) >= 11 is -1.68. The number of hydrogen-bond donors (Lipinski definition) is 7. The number of benzene rings is 8. The molecule has 0 heterocycles. The van der Waals surface area contributed by atoms with Gasteiger partial charge < -0.3 is 37.9 Å². The number of rotatable bonds is 34. The molecule has 7 N–H and O–H groups in total. The van der Waals surface area contributed by atoms with Gasteiger partial charge in [-0.2, -0.15) is 170 Å². The normalized spacial score (nSPS) is 25.0. The van der Waals surface area contributed by atoms with Crippen LogP contribution in [0.4, 0.5) is 158 Å². The lowest BCUT2D eigenvalue weighted by atomic mass is 9.69. The molecule has 4 saturated carbocycles. The summed E-state index contributed by atoms with van der Waals surface area (Å²) in [4.78, 5) is -8.55. The average molecular weight is 2350 g/mol. The van der Waals surface area contributed by atoms with Gasteiger partial charge in [-0.25, -0.2) is 34.2 Å². The Hall–Kier alpha value is -9.71. The molecule has 8 aromatic carbocycles. The first-order valence-corrected chi connectivity index (χ1v) is 45.4. The van der Waals surface area contributed by atoms with Crippen LogP contribution in [0.1, 0.15) is 48.6 Å². The number of alkyl halides is 36. The van der Waals surface area contributed by atoms with Gasteiger partial charge in [0.15, 0.2) is 0 Å². The molecule has 0 radical (unpaired) electrons. The summed E-state index contributed by atoms with van der Waals surface area (Å²) in [5, 5.41) is 47.0. The summed E-state index contributed by atoms with van der Waals surface area (Å²) in [5.41, 5.74) is -33.2. The number of halogens is 36. The van der Waals surface area contributed by atoms with Crippen molar-refractivity contribution in [2.75, 3.05) is 21.3 Å². The minimum atomic E-state index is -6.52. The molecule has 828 valence electrons. The summed E-state index contributed by atoms with van der Waals surface area (Å²) in [5.74, 6) is -83.4. The molecule has 0 bridgehead atoms. The molecule has 0 spiro atoms. The minimum absolute atomic E-state index is 0.0377. The Morgan fingerprint density at radius 1 is 0.255 bits per heavy atom. The van der Waals surface area contributed by atoms with E-state index in [-0.39, 0.29) is 134 Å². The topological polar surface area (TPSA) is 392 Å². The molecular formula is C77H52F36O29S7. The van der Waals surface area contributed by atoms with Gasteiger partial charge in [-0.3, -0.25) is 13.7 Å². The Balaban J connectivity index is 0.000000250. The molecule has 4 fully saturated rings. The van der Waals surface area contributed by atoms with E-state index in [1.54, 1.807) is 0 Å². The maximum Gasteiger partial charge on any atom is 0.411 e. The predicted octanol–water partition coefficient (Wildman–Crippen LogP) is 24.2. The van der Waals surface area contributed by atoms with Crippen molar-refractivity contribution in [3.63, 3.8) is 0 Å². The largest absolute Gasteiger partial charge is 0.496 e. The Bertz CT molecular complexity index is 6670. The van der Waals surface area contributed by atoms with Crippen LogP contribution in [0.2, 0.25) is 0 Å². The Labute approximate surface area is 822 Å². The van der Waals surface area contributed by atoms with Crippen molar-refractivity contribution in [2.24, 2.45) is 0 Å². The van der Waals surface area contributed by atoms with E-state index in [2.05, 4.69) is 65.9 Å². The van der Waals surface area contributed by atoms with Crippen LogP contribution < -0.4 is 37.9 Å². The van der Waals surface area contributed by atoms with E-state index in [0.29, 0.717) is 48.5 Å². The van der Waals surface area contributed by atoms with Crippen LogP contribution in [0.3, 0.4) is 0 Å². The zero-order valence-corrected chi connectivity index (χ0v) is 78.1.